The lowest BCUT2D eigenvalue weighted by molar-refractivity contribution is -0.141. The Labute approximate surface area is 194 Å². The summed E-state index contributed by atoms with van der Waals surface area (Å²) in [5.74, 6) is -0.596. The van der Waals surface area contributed by atoms with Gasteiger partial charge < -0.3 is 20.3 Å². The molecule has 31 heavy (non-hydrogen) atoms. The molecular weight excluding hydrogens is 418 g/mol. The molecule has 0 aliphatic carbocycles. The topological polar surface area (TPSA) is 87.7 Å². The molecule has 0 bridgehead atoms. The molecule has 1 saturated heterocycles. The number of hydrogen-bond donors (Lipinski definition) is 2. The Morgan fingerprint density at radius 2 is 1.84 bits per heavy atom. The van der Waals surface area contributed by atoms with Gasteiger partial charge in [0.1, 0.15) is 6.04 Å². The third-order valence-corrected chi connectivity index (χ3v) is 5.52. The SMILES string of the molecule is CCOC(=O)/C(C)=C/[C@H](C(C)C)N(C)C(=O)[C@@H](NC(=O)C1CCCCN1)C(C)(C)C.Cl. The van der Waals surface area contributed by atoms with Crippen molar-refractivity contribution in [2.45, 2.75) is 85.9 Å². The zero-order chi connectivity index (χ0) is 23.1. The number of carbonyl (C=O) groups is 3. The van der Waals surface area contributed by atoms with E-state index < -0.39 is 11.5 Å². The number of hydrogen-bond acceptors (Lipinski definition) is 5. The van der Waals surface area contributed by atoms with Gasteiger partial charge in [-0.1, -0.05) is 47.1 Å². The molecule has 2 N–H and O–H groups in total. The van der Waals surface area contributed by atoms with E-state index in [1.165, 1.54) is 0 Å². The Balaban J connectivity index is 0.00000900. The molecule has 7 nitrogen and oxygen atoms in total. The first-order chi connectivity index (χ1) is 13.9. The van der Waals surface area contributed by atoms with Crippen molar-refractivity contribution in [3.05, 3.63) is 11.6 Å². The summed E-state index contributed by atoms with van der Waals surface area (Å²) in [5.41, 5.74) is 0.00911. The highest BCUT2D eigenvalue weighted by Crippen LogP contribution is 2.24. The van der Waals surface area contributed by atoms with Gasteiger partial charge in [0.2, 0.25) is 11.8 Å². The lowest BCUT2D eigenvalue weighted by Gasteiger charge is -2.38. The molecule has 1 fully saturated rings. The van der Waals surface area contributed by atoms with Crippen molar-refractivity contribution in [3.8, 4) is 0 Å². The Hall–Kier alpha value is -1.60. The van der Waals surface area contributed by atoms with Crippen LogP contribution in [0.1, 0.15) is 67.7 Å². The van der Waals surface area contributed by atoms with Gasteiger partial charge in [-0.2, -0.15) is 0 Å². The van der Waals surface area contributed by atoms with E-state index in [2.05, 4.69) is 10.6 Å². The van der Waals surface area contributed by atoms with E-state index in [1.54, 1.807) is 31.9 Å². The van der Waals surface area contributed by atoms with Crippen LogP contribution in [0.4, 0.5) is 0 Å². The summed E-state index contributed by atoms with van der Waals surface area (Å²) in [5, 5.41) is 6.23. The highest BCUT2D eigenvalue weighted by atomic mass is 35.5. The number of ether oxygens (including phenoxy) is 1. The predicted octanol–water partition coefficient (Wildman–Crippen LogP) is 3.07. The van der Waals surface area contributed by atoms with E-state index >= 15 is 0 Å². The smallest absolute Gasteiger partial charge is 0.333 e. The number of likely N-dealkylation sites (N-methyl/N-ethyl adjacent to an activating group) is 1. The third kappa shape index (κ3) is 8.81. The molecule has 0 spiro atoms. The van der Waals surface area contributed by atoms with Gasteiger partial charge in [0.25, 0.3) is 0 Å². The van der Waals surface area contributed by atoms with Crippen molar-refractivity contribution in [2.24, 2.45) is 11.3 Å². The molecule has 0 aromatic carbocycles. The van der Waals surface area contributed by atoms with E-state index in [9.17, 15) is 14.4 Å². The van der Waals surface area contributed by atoms with E-state index in [0.29, 0.717) is 12.2 Å². The van der Waals surface area contributed by atoms with Crippen molar-refractivity contribution in [2.75, 3.05) is 20.2 Å². The number of piperidine rings is 1. The fourth-order valence-corrected chi connectivity index (χ4v) is 3.64. The Kier molecular flexibility index (Phi) is 12.4. The fourth-order valence-electron chi connectivity index (χ4n) is 3.64. The maximum atomic E-state index is 13.5. The molecule has 1 heterocycles. The normalized spacial score (nSPS) is 19.1. The highest BCUT2D eigenvalue weighted by molar-refractivity contribution is 5.91. The van der Waals surface area contributed by atoms with Crippen molar-refractivity contribution < 1.29 is 19.1 Å². The minimum absolute atomic E-state index is 0. The van der Waals surface area contributed by atoms with Gasteiger partial charge in [-0.15, -0.1) is 12.4 Å². The van der Waals surface area contributed by atoms with Gasteiger partial charge >= 0.3 is 5.97 Å². The molecule has 1 aliphatic heterocycles. The molecule has 8 heteroatoms. The summed E-state index contributed by atoms with van der Waals surface area (Å²) >= 11 is 0. The van der Waals surface area contributed by atoms with E-state index in [1.807, 2.05) is 34.6 Å². The lowest BCUT2D eigenvalue weighted by atomic mass is 9.84. The number of halogens is 1. The summed E-state index contributed by atoms with van der Waals surface area (Å²) in [7, 11) is 1.73. The van der Waals surface area contributed by atoms with Crippen LogP contribution < -0.4 is 10.6 Å². The van der Waals surface area contributed by atoms with Crippen LogP contribution in [0.5, 0.6) is 0 Å². The van der Waals surface area contributed by atoms with Crippen molar-refractivity contribution >= 4 is 30.2 Å². The quantitative estimate of drug-likeness (QED) is 0.430. The fraction of sp³-hybridized carbons (Fsp3) is 0.783. The van der Waals surface area contributed by atoms with Crippen LogP contribution in [0.25, 0.3) is 0 Å². The highest BCUT2D eigenvalue weighted by Gasteiger charge is 2.38. The second kappa shape index (κ2) is 13.1. The molecule has 0 saturated carbocycles. The predicted molar refractivity (Wildman–Crippen MR) is 126 cm³/mol. The summed E-state index contributed by atoms with van der Waals surface area (Å²) < 4.78 is 5.07. The second-order valence-electron chi connectivity index (χ2n) is 9.56. The van der Waals surface area contributed by atoms with E-state index in [0.717, 1.165) is 25.8 Å². The van der Waals surface area contributed by atoms with Crippen LogP contribution >= 0.6 is 12.4 Å². The number of amides is 2. The molecule has 0 aromatic rings. The lowest BCUT2D eigenvalue weighted by Crippen LogP contribution is -2.59. The molecule has 1 rings (SSSR count). The number of carbonyl (C=O) groups excluding carboxylic acids is 3. The van der Waals surface area contributed by atoms with Crippen LogP contribution in [0.15, 0.2) is 11.6 Å². The molecule has 0 radical (unpaired) electrons. The molecule has 1 unspecified atom stereocenters. The van der Waals surface area contributed by atoms with Crippen LogP contribution in [-0.4, -0.2) is 61.0 Å². The van der Waals surface area contributed by atoms with Crippen molar-refractivity contribution in [1.82, 2.24) is 15.5 Å². The average molecular weight is 460 g/mol. The second-order valence-corrected chi connectivity index (χ2v) is 9.56. The summed E-state index contributed by atoms with van der Waals surface area (Å²) in [4.78, 5) is 40.0. The number of nitrogens with one attached hydrogen (secondary N) is 2. The Morgan fingerprint density at radius 3 is 2.29 bits per heavy atom. The summed E-state index contributed by atoms with van der Waals surface area (Å²) in [6.45, 7) is 14.4. The van der Waals surface area contributed by atoms with Gasteiger partial charge in [-0.3, -0.25) is 9.59 Å². The number of nitrogens with zero attached hydrogens (tertiary/aromatic N) is 1. The van der Waals surface area contributed by atoms with E-state index in [-0.39, 0.29) is 48.2 Å². The first-order valence-electron chi connectivity index (χ1n) is 11.1. The monoisotopic (exact) mass is 459 g/mol. The summed E-state index contributed by atoms with van der Waals surface area (Å²) in [6, 6.07) is -1.22. The molecule has 1 aliphatic rings. The number of esters is 1. The minimum atomic E-state index is -0.670. The van der Waals surface area contributed by atoms with Crippen molar-refractivity contribution in [3.63, 3.8) is 0 Å². The maximum Gasteiger partial charge on any atom is 0.333 e. The zero-order valence-electron chi connectivity index (χ0n) is 20.4. The zero-order valence-corrected chi connectivity index (χ0v) is 21.2. The van der Waals surface area contributed by atoms with Gasteiger partial charge in [0, 0.05) is 12.6 Å². The maximum absolute atomic E-state index is 13.5. The first kappa shape index (κ1) is 29.4. The van der Waals surface area contributed by atoms with Gasteiger partial charge in [-0.05, 0) is 44.6 Å². The molecular formula is C23H42ClN3O4. The summed E-state index contributed by atoms with van der Waals surface area (Å²) in [6.07, 6.45) is 4.64. The molecule has 0 aromatic heterocycles. The molecule has 180 valence electrons. The minimum Gasteiger partial charge on any atom is -0.463 e. The molecule has 3 atom stereocenters. The largest absolute Gasteiger partial charge is 0.463 e. The van der Waals surface area contributed by atoms with E-state index in [4.69, 9.17) is 4.74 Å². The standard InChI is InChI=1S/C23H41N3O4.ClH/c1-9-30-22(29)16(4)14-18(15(2)3)26(8)21(28)19(23(5,6)7)25-20(27)17-12-10-11-13-24-17;/h14-15,17-19,24H,9-13H2,1-8H3,(H,25,27);1H/b16-14+;/t17?,18-,19-;/m1./s1. The first-order valence-corrected chi connectivity index (χ1v) is 11.1. The van der Waals surface area contributed by atoms with Gasteiger partial charge in [-0.25, -0.2) is 4.79 Å². The van der Waals surface area contributed by atoms with Gasteiger partial charge in [0.05, 0.1) is 18.7 Å². The Bertz CT molecular complexity index is 637. The Morgan fingerprint density at radius 1 is 1.23 bits per heavy atom. The average Bonchev–Trinajstić information content (AvgIpc) is 2.68. The van der Waals surface area contributed by atoms with Crippen LogP contribution in [0.3, 0.4) is 0 Å². The van der Waals surface area contributed by atoms with Crippen LogP contribution in [-0.2, 0) is 19.1 Å². The number of rotatable bonds is 8. The van der Waals surface area contributed by atoms with Gasteiger partial charge in [0.15, 0.2) is 0 Å². The van der Waals surface area contributed by atoms with Crippen molar-refractivity contribution in [1.29, 1.82) is 0 Å². The van der Waals surface area contributed by atoms with Crippen LogP contribution in [0.2, 0.25) is 0 Å². The third-order valence-electron chi connectivity index (χ3n) is 5.52. The molecule has 2 amide bonds. The van der Waals surface area contributed by atoms with Crippen LogP contribution in [0, 0.1) is 11.3 Å².